The van der Waals surface area contributed by atoms with Crippen molar-refractivity contribution in [1.82, 2.24) is 14.5 Å². The molecule has 1 fully saturated rings. The quantitative estimate of drug-likeness (QED) is 0.555. The normalized spacial score (nSPS) is 15.9. The van der Waals surface area contributed by atoms with E-state index in [2.05, 4.69) is 15.5 Å². The molecule has 0 atom stereocenters. The standard InChI is InChI=1S/C21H22N4O6S2/c1-32(27,28)17-9-5-6-10-18(17)33(29,30)25-13-11-15(12-14-25)19(26)22-21-24-23-20(31-21)16-7-3-2-4-8-16/h2-10,15H,11-14H2,1H3,(H,22,24,26). The van der Waals surface area contributed by atoms with Gasteiger partial charge >= 0.3 is 6.01 Å². The molecule has 12 heteroatoms. The van der Waals surface area contributed by atoms with Crippen LogP contribution in [0.1, 0.15) is 12.8 Å². The summed E-state index contributed by atoms with van der Waals surface area (Å²) in [5.74, 6) is -0.517. The van der Waals surface area contributed by atoms with Crippen LogP contribution in [0.4, 0.5) is 6.01 Å². The van der Waals surface area contributed by atoms with Crippen LogP contribution < -0.4 is 5.32 Å². The smallest absolute Gasteiger partial charge is 0.322 e. The van der Waals surface area contributed by atoms with E-state index >= 15 is 0 Å². The third-order valence-electron chi connectivity index (χ3n) is 5.37. The van der Waals surface area contributed by atoms with Crippen LogP contribution in [-0.4, -0.2) is 56.6 Å². The fourth-order valence-electron chi connectivity index (χ4n) is 3.65. The molecule has 0 bridgehead atoms. The lowest BCUT2D eigenvalue weighted by molar-refractivity contribution is -0.121. The van der Waals surface area contributed by atoms with Crippen molar-refractivity contribution in [1.29, 1.82) is 0 Å². The molecule has 1 aliphatic heterocycles. The number of benzene rings is 2. The Balaban J connectivity index is 1.41. The minimum Gasteiger partial charge on any atom is -0.403 e. The fourth-order valence-corrected chi connectivity index (χ4v) is 6.72. The van der Waals surface area contributed by atoms with Gasteiger partial charge in [0.05, 0.1) is 4.90 Å². The Bertz CT molecular complexity index is 1360. The number of aromatic nitrogens is 2. The Morgan fingerprint density at radius 2 is 1.55 bits per heavy atom. The lowest BCUT2D eigenvalue weighted by Crippen LogP contribution is -2.41. The van der Waals surface area contributed by atoms with Crippen LogP contribution in [-0.2, 0) is 24.7 Å². The molecule has 1 aliphatic rings. The second-order valence-corrected chi connectivity index (χ2v) is 11.6. The molecule has 4 rings (SSSR count). The molecule has 33 heavy (non-hydrogen) atoms. The molecule has 1 saturated heterocycles. The summed E-state index contributed by atoms with van der Waals surface area (Å²) in [5.41, 5.74) is 0.721. The predicted octanol–water partition coefficient (Wildman–Crippen LogP) is 2.18. The van der Waals surface area contributed by atoms with E-state index in [0.717, 1.165) is 11.8 Å². The molecule has 0 spiro atoms. The van der Waals surface area contributed by atoms with Crippen molar-refractivity contribution in [3.05, 3.63) is 54.6 Å². The van der Waals surface area contributed by atoms with Gasteiger partial charge in [-0.15, -0.1) is 5.10 Å². The second-order valence-electron chi connectivity index (χ2n) is 7.66. The summed E-state index contributed by atoms with van der Waals surface area (Å²) in [7, 11) is -7.76. The van der Waals surface area contributed by atoms with Gasteiger partial charge in [0.2, 0.25) is 21.8 Å². The van der Waals surface area contributed by atoms with Crippen LogP contribution in [0.2, 0.25) is 0 Å². The topological polar surface area (TPSA) is 140 Å². The van der Waals surface area contributed by atoms with E-state index in [9.17, 15) is 21.6 Å². The lowest BCUT2D eigenvalue weighted by Gasteiger charge is -2.30. The number of piperidine rings is 1. The van der Waals surface area contributed by atoms with Crippen LogP contribution in [0.15, 0.2) is 68.8 Å². The Hall–Kier alpha value is -3.09. The van der Waals surface area contributed by atoms with Gasteiger partial charge in [-0.1, -0.05) is 35.4 Å². The van der Waals surface area contributed by atoms with E-state index in [-0.39, 0.29) is 53.5 Å². The number of hydrogen-bond donors (Lipinski definition) is 1. The zero-order chi connectivity index (χ0) is 23.6. The summed E-state index contributed by atoms with van der Waals surface area (Å²) >= 11 is 0. The van der Waals surface area contributed by atoms with E-state index in [1.54, 1.807) is 12.1 Å². The van der Waals surface area contributed by atoms with E-state index in [4.69, 9.17) is 4.42 Å². The van der Waals surface area contributed by atoms with E-state index in [1.807, 2.05) is 18.2 Å². The molecule has 0 aliphatic carbocycles. The van der Waals surface area contributed by atoms with Crippen molar-refractivity contribution in [2.45, 2.75) is 22.6 Å². The average molecular weight is 491 g/mol. The first-order valence-corrected chi connectivity index (χ1v) is 13.5. The number of hydrogen-bond acceptors (Lipinski definition) is 8. The first-order valence-electron chi connectivity index (χ1n) is 10.2. The van der Waals surface area contributed by atoms with Crippen LogP contribution in [0.25, 0.3) is 11.5 Å². The zero-order valence-electron chi connectivity index (χ0n) is 17.7. The average Bonchev–Trinajstić information content (AvgIpc) is 3.27. The summed E-state index contributed by atoms with van der Waals surface area (Å²) in [6.07, 6.45) is 1.51. The molecule has 0 unspecified atom stereocenters. The van der Waals surface area contributed by atoms with Gasteiger partial charge < -0.3 is 4.42 Å². The van der Waals surface area contributed by atoms with Gasteiger partial charge in [-0.3, -0.25) is 10.1 Å². The van der Waals surface area contributed by atoms with Gasteiger partial charge in [0.25, 0.3) is 0 Å². The molecule has 3 aromatic rings. The second kappa shape index (κ2) is 9.04. The molecular weight excluding hydrogens is 468 g/mol. The highest BCUT2D eigenvalue weighted by Gasteiger charge is 2.34. The third kappa shape index (κ3) is 4.97. The monoisotopic (exact) mass is 490 g/mol. The molecule has 1 N–H and O–H groups in total. The molecule has 10 nitrogen and oxygen atoms in total. The molecule has 2 aromatic carbocycles. The Labute approximate surface area is 191 Å². The van der Waals surface area contributed by atoms with Gasteiger partial charge in [0, 0.05) is 30.8 Å². The summed E-state index contributed by atoms with van der Waals surface area (Å²) in [6, 6.07) is 14.6. The number of nitrogens with one attached hydrogen (secondary N) is 1. The Kier molecular flexibility index (Phi) is 6.32. The number of sulfone groups is 1. The Morgan fingerprint density at radius 3 is 2.18 bits per heavy atom. The Morgan fingerprint density at radius 1 is 0.939 bits per heavy atom. The van der Waals surface area contributed by atoms with Crippen molar-refractivity contribution in [2.75, 3.05) is 24.7 Å². The summed E-state index contributed by atoms with van der Waals surface area (Å²) in [6.45, 7) is 0.162. The van der Waals surface area contributed by atoms with Gasteiger partial charge in [-0.2, -0.15) is 4.31 Å². The van der Waals surface area contributed by atoms with Gasteiger partial charge in [0.1, 0.15) is 4.90 Å². The van der Waals surface area contributed by atoms with Crippen LogP contribution in [0.5, 0.6) is 0 Å². The van der Waals surface area contributed by atoms with E-state index in [0.29, 0.717) is 0 Å². The number of carbonyl (C=O) groups is 1. The largest absolute Gasteiger partial charge is 0.403 e. The molecule has 174 valence electrons. The van der Waals surface area contributed by atoms with Crippen molar-refractivity contribution in [3.63, 3.8) is 0 Å². The van der Waals surface area contributed by atoms with Gasteiger partial charge in [0.15, 0.2) is 9.84 Å². The number of amides is 1. The minimum atomic E-state index is -4.03. The van der Waals surface area contributed by atoms with Crippen LogP contribution in [0.3, 0.4) is 0 Å². The SMILES string of the molecule is CS(=O)(=O)c1ccccc1S(=O)(=O)N1CCC(C(=O)Nc2nnc(-c3ccccc3)o2)CC1. The molecular formula is C21H22N4O6S2. The maximum atomic E-state index is 13.1. The van der Waals surface area contributed by atoms with Crippen molar-refractivity contribution in [2.24, 2.45) is 5.92 Å². The van der Waals surface area contributed by atoms with Gasteiger partial charge in [-0.05, 0) is 37.1 Å². The molecule has 0 saturated carbocycles. The van der Waals surface area contributed by atoms with E-state index in [1.165, 1.54) is 28.6 Å². The minimum absolute atomic E-state index is 0.0315. The highest BCUT2D eigenvalue weighted by atomic mass is 32.2. The highest BCUT2D eigenvalue weighted by molar-refractivity contribution is 7.93. The molecule has 2 heterocycles. The maximum Gasteiger partial charge on any atom is 0.322 e. The maximum absolute atomic E-state index is 13.1. The molecule has 0 radical (unpaired) electrons. The lowest BCUT2D eigenvalue weighted by atomic mass is 9.97. The number of anilines is 1. The third-order valence-corrected chi connectivity index (χ3v) is 8.61. The first-order chi connectivity index (χ1) is 15.7. The van der Waals surface area contributed by atoms with Crippen LogP contribution >= 0.6 is 0 Å². The fraction of sp³-hybridized carbons (Fsp3) is 0.286. The number of rotatable bonds is 6. The van der Waals surface area contributed by atoms with Crippen molar-refractivity contribution in [3.8, 4) is 11.5 Å². The summed E-state index contributed by atoms with van der Waals surface area (Å²) < 4.78 is 56.9. The number of carbonyl (C=O) groups excluding carboxylic acids is 1. The van der Waals surface area contributed by atoms with Crippen molar-refractivity contribution < 1.29 is 26.0 Å². The predicted molar refractivity (Wildman–Crippen MR) is 119 cm³/mol. The number of nitrogens with zero attached hydrogens (tertiary/aromatic N) is 3. The first kappa shape index (κ1) is 23.1. The summed E-state index contributed by atoms with van der Waals surface area (Å²) in [5, 5.41) is 10.4. The highest BCUT2D eigenvalue weighted by Crippen LogP contribution is 2.28. The van der Waals surface area contributed by atoms with Gasteiger partial charge in [-0.25, -0.2) is 16.8 Å². The molecule has 1 amide bonds. The van der Waals surface area contributed by atoms with Crippen molar-refractivity contribution >= 4 is 31.8 Å². The van der Waals surface area contributed by atoms with E-state index < -0.39 is 25.8 Å². The molecule has 1 aromatic heterocycles. The van der Waals surface area contributed by atoms with Crippen LogP contribution in [0, 0.1) is 5.92 Å². The number of sulfonamides is 1. The summed E-state index contributed by atoms with van der Waals surface area (Å²) in [4.78, 5) is 12.1. The zero-order valence-corrected chi connectivity index (χ0v) is 19.3.